The van der Waals surface area contributed by atoms with Gasteiger partial charge in [0.1, 0.15) is 11.5 Å². The fraction of sp³-hybridized carbons (Fsp3) is 0.381. The molecule has 0 radical (unpaired) electrons. The molecular weight excluding hydrogens is 472 g/mol. The Morgan fingerprint density at radius 2 is 1.87 bits per heavy atom. The smallest absolute Gasteiger partial charge is 0.243 e. The molecule has 1 heterocycles. The van der Waals surface area contributed by atoms with Crippen LogP contribution in [-0.2, 0) is 14.8 Å². The predicted octanol–water partition coefficient (Wildman–Crippen LogP) is 3.45. The molecule has 0 aliphatic carbocycles. The van der Waals surface area contributed by atoms with Gasteiger partial charge in [-0.25, -0.2) is 8.42 Å². The standard InChI is InChI=1S/C21H25BrN2O5S/c1-23(30(26,27)17-9-6-15(22)7-10-17)14-21(25)24-12-4-5-19(24)18-13-16(28-2)8-11-20(18)29-3/h6-11,13,19H,4-5,12,14H2,1-3H3. The number of benzene rings is 2. The summed E-state index contributed by atoms with van der Waals surface area (Å²) in [6.45, 7) is 0.331. The molecule has 0 N–H and O–H groups in total. The van der Waals surface area contributed by atoms with Gasteiger partial charge in [0.25, 0.3) is 0 Å². The molecule has 0 saturated carbocycles. The summed E-state index contributed by atoms with van der Waals surface area (Å²) in [7, 11) is 0.834. The van der Waals surface area contributed by atoms with Crippen molar-refractivity contribution >= 4 is 31.9 Å². The van der Waals surface area contributed by atoms with Crippen molar-refractivity contribution in [3.8, 4) is 11.5 Å². The first-order valence-electron chi connectivity index (χ1n) is 9.51. The molecule has 1 atom stereocenters. The summed E-state index contributed by atoms with van der Waals surface area (Å²) in [5.74, 6) is 1.11. The molecule has 1 amide bonds. The summed E-state index contributed by atoms with van der Waals surface area (Å²) in [6.07, 6.45) is 1.61. The van der Waals surface area contributed by atoms with Gasteiger partial charge in [-0.05, 0) is 55.3 Å². The number of likely N-dealkylation sites (N-methyl/N-ethyl adjacent to an activating group) is 1. The Balaban J connectivity index is 1.80. The molecule has 1 aliphatic rings. The zero-order valence-electron chi connectivity index (χ0n) is 17.2. The first kappa shape index (κ1) is 22.6. The second-order valence-electron chi connectivity index (χ2n) is 7.07. The minimum Gasteiger partial charge on any atom is -0.497 e. The zero-order chi connectivity index (χ0) is 21.9. The van der Waals surface area contributed by atoms with E-state index < -0.39 is 10.0 Å². The van der Waals surface area contributed by atoms with Crippen LogP contribution in [0.4, 0.5) is 0 Å². The van der Waals surface area contributed by atoms with Gasteiger partial charge in [-0.15, -0.1) is 0 Å². The fourth-order valence-corrected chi connectivity index (χ4v) is 5.03. The van der Waals surface area contributed by atoms with Crippen LogP contribution >= 0.6 is 15.9 Å². The van der Waals surface area contributed by atoms with Gasteiger partial charge in [-0.1, -0.05) is 15.9 Å². The van der Waals surface area contributed by atoms with Gasteiger partial charge in [-0.3, -0.25) is 4.79 Å². The number of amides is 1. The van der Waals surface area contributed by atoms with Crippen molar-refractivity contribution in [3.63, 3.8) is 0 Å². The van der Waals surface area contributed by atoms with Crippen LogP contribution in [0.25, 0.3) is 0 Å². The number of carbonyl (C=O) groups excluding carboxylic acids is 1. The quantitative estimate of drug-likeness (QED) is 0.586. The van der Waals surface area contributed by atoms with E-state index in [0.29, 0.717) is 18.0 Å². The SMILES string of the molecule is COc1ccc(OC)c(C2CCCN2C(=O)CN(C)S(=O)(=O)c2ccc(Br)cc2)c1. The number of hydrogen-bond donors (Lipinski definition) is 0. The summed E-state index contributed by atoms with van der Waals surface area (Å²) >= 11 is 3.30. The average Bonchev–Trinajstić information content (AvgIpc) is 3.23. The molecule has 2 aromatic rings. The van der Waals surface area contributed by atoms with Crippen molar-refractivity contribution < 1.29 is 22.7 Å². The Morgan fingerprint density at radius 1 is 1.17 bits per heavy atom. The van der Waals surface area contributed by atoms with Gasteiger partial charge in [0, 0.05) is 23.6 Å². The van der Waals surface area contributed by atoms with Crippen LogP contribution in [0.5, 0.6) is 11.5 Å². The molecule has 3 rings (SSSR count). The molecule has 9 heteroatoms. The third-order valence-corrected chi connectivity index (χ3v) is 7.60. The lowest BCUT2D eigenvalue weighted by Gasteiger charge is -2.28. The van der Waals surface area contributed by atoms with E-state index in [9.17, 15) is 13.2 Å². The minimum absolute atomic E-state index is 0.147. The van der Waals surface area contributed by atoms with Crippen LogP contribution in [0.1, 0.15) is 24.4 Å². The number of sulfonamides is 1. The van der Waals surface area contributed by atoms with E-state index in [0.717, 1.165) is 27.2 Å². The Kier molecular flexibility index (Phi) is 7.05. The molecular formula is C21H25BrN2O5S. The highest BCUT2D eigenvalue weighted by Crippen LogP contribution is 2.39. The highest BCUT2D eigenvalue weighted by atomic mass is 79.9. The Labute approximate surface area is 185 Å². The number of hydrogen-bond acceptors (Lipinski definition) is 5. The summed E-state index contributed by atoms with van der Waals surface area (Å²) in [5, 5.41) is 0. The molecule has 1 saturated heterocycles. The van der Waals surface area contributed by atoms with Gasteiger partial charge >= 0.3 is 0 Å². The zero-order valence-corrected chi connectivity index (χ0v) is 19.6. The third-order valence-electron chi connectivity index (χ3n) is 5.25. The van der Waals surface area contributed by atoms with E-state index in [2.05, 4.69) is 15.9 Å². The van der Waals surface area contributed by atoms with E-state index in [4.69, 9.17) is 9.47 Å². The van der Waals surface area contributed by atoms with E-state index >= 15 is 0 Å². The first-order chi connectivity index (χ1) is 14.3. The Bertz CT molecular complexity index is 1010. The largest absolute Gasteiger partial charge is 0.497 e. The maximum atomic E-state index is 13.1. The lowest BCUT2D eigenvalue weighted by Crippen LogP contribution is -2.40. The monoisotopic (exact) mass is 496 g/mol. The molecule has 30 heavy (non-hydrogen) atoms. The Morgan fingerprint density at radius 3 is 2.50 bits per heavy atom. The van der Waals surface area contributed by atoms with Crippen molar-refractivity contribution in [1.29, 1.82) is 0 Å². The third kappa shape index (κ3) is 4.63. The second-order valence-corrected chi connectivity index (χ2v) is 10.0. The van der Waals surface area contributed by atoms with Crippen LogP contribution in [0.15, 0.2) is 51.8 Å². The van der Waals surface area contributed by atoms with Gasteiger partial charge in [-0.2, -0.15) is 4.31 Å². The maximum absolute atomic E-state index is 13.1. The summed E-state index contributed by atoms with van der Waals surface area (Å²) < 4.78 is 38.4. The topological polar surface area (TPSA) is 76.2 Å². The van der Waals surface area contributed by atoms with Crippen molar-refractivity contribution in [1.82, 2.24) is 9.21 Å². The lowest BCUT2D eigenvalue weighted by molar-refractivity contribution is -0.132. The van der Waals surface area contributed by atoms with Gasteiger partial charge in [0.05, 0.1) is 31.7 Å². The summed E-state index contributed by atoms with van der Waals surface area (Å²) in [5.41, 5.74) is 0.862. The van der Waals surface area contributed by atoms with Crippen molar-refractivity contribution in [2.24, 2.45) is 0 Å². The van der Waals surface area contributed by atoms with Crippen molar-refractivity contribution in [2.75, 3.05) is 34.4 Å². The van der Waals surface area contributed by atoms with Crippen molar-refractivity contribution in [3.05, 3.63) is 52.5 Å². The number of likely N-dealkylation sites (tertiary alicyclic amines) is 1. The van der Waals surface area contributed by atoms with Crippen LogP contribution in [0.3, 0.4) is 0 Å². The van der Waals surface area contributed by atoms with Gasteiger partial charge < -0.3 is 14.4 Å². The molecule has 0 spiro atoms. The van der Waals surface area contributed by atoms with E-state index in [1.807, 2.05) is 18.2 Å². The van der Waals surface area contributed by atoms with Gasteiger partial charge in [0.15, 0.2) is 0 Å². The highest BCUT2D eigenvalue weighted by molar-refractivity contribution is 9.10. The fourth-order valence-electron chi connectivity index (χ4n) is 3.64. The molecule has 0 bridgehead atoms. The number of methoxy groups -OCH3 is 2. The molecule has 2 aromatic carbocycles. The predicted molar refractivity (Wildman–Crippen MR) is 117 cm³/mol. The number of carbonyl (C=O) groups is 1. The number of ether oxygens (including phenoxy) is 2. The molecule has 0 aromatic heterocycles. The van der Waals surface area contributed by atoms with Crippen molar-refractivity contribution in [2.45, 2.75) is 23.8 Å². The molecule has 7 nitrogen and oxygen atoms in total. The number of rotatable bonds is 7. The number of nitrogens with zero attached hydrogens (tertiary/aromatic N) is 2. The molecule has 1 fully saturated rings. The molecule has 1 unspecified atom stereocenters. The number of halogens is 1. The molecule has 162 valence electrons. The minimum atomic E-state index is -3.77. The van der Waals surface area contributed by atoms with Gasteiger partial charge in [0.2, 0.25) is 15.9 Å². The second kappa shape index (κ2) is 9.36. The Hall–Kier alpha value is -2.10. The normalized spacial score (nSPS) is 16.7. The van der Waals surface area contributed by atoms with Crippen LogP contribution in [0, 0.1) is 0 Å². The lowest BCUT2D eigenvalue weighted by atomic mass is 10.0. The highest BCUT2D eigenvalue weighted by Gasteiger charge is 2.34. The summed E-state index contributed by atoms with van der Waals surface area (Å²) in [6, 6.07) is 11.7. The van der Waals surface area contributed by atoms with E-state index in [1.165, 1.54) is 19.2 Å². The first-order valence-corrected chi connectivity index (χ1v) is 11.7. The molecule has 1 aliphatic heterocycles. The van der Waals surface area contributed by atoms with E-state index in [1.54, 1.807) is 31.3 Å². The summed E-state index contributed by atoms with van der Waals surface area (Å²) in [4.78, 5) is 14.9. The van der Waals surface area contributed by atoms with E-state index in [-0.39, 0.29) is 23.4 Å². The van der Waals surface area contributed by atoms with Crippen LogP contribution in [-0.4, -0.2) is 57.9 Å². The van der Waals surface area contributed by atoms with Crippen LogP contribution < -0.4 is 9.47 Å². The van der Waals surface area contributed by atoms with Crippen LogP contribution in [0.2, 0.25) is 0 Å². The average molecular weight is 497 g/mol. The maximum Gasteiger partial charge on any atom is 0.243 e.